The van der Waals surface area contributed by atoms with Gasteiger partial charge in [0.2, 0.25) is 23.3 Å². The second-order valence-electron chi connectivity index (χ2n) is 10.3. The highest BCUT2D eigenvalue weighted by Gasteiger charge is 2.57. The minimum absolute atomic E-state index is 0.0784. The van der Waals surface area contributed by atoms with E-state index in [9.17, 15) is 37.6 Å². The number of amides is 4. The fourth-order valence-electron chi connectivity index (χ4n) is 4.89. The van der Waals surface area contributed by atoms with Crippen molar-refractivity contribution in [1.29, 1.82) is 5.26 Å². The van der Waals surface area contributed by atoms with Gasteiger partial charge < -0.3 is 29.9 Å². The van der Waals surface area contributed by atoms with E-state index in [-0.39, 0.29) is 31.2 Å². The quantitative estimate of drug-likeness (QED) is 0.472. The van der Waals surface area contributed by atoms with E-state index in [1.165, 1.54) is 27.3 Å². The first-order valence-corrected chi connectivity index (χ1v) is 12.6. The normalized spacial score (nSPS) is 24.2. The van der Waals surface area contributed by atoms with Crippen LogP contribution in [0.1, 0.15) is 32.6 Å². The Hall–Kier alpha value is -3.93. The van der Waals surface area contributed by atoms with Gasteiger partial charge in [-0.25, -0.2) is 4.98 Å². The molecule has 40 heavy (non-hydrogen) atoms. The van der Waals surface area contributed by atoms with Crippen molar-refractivity contribution in [3.05, 3.63) is 18.3 Å². The van der Waals surface area contributed by atoms with Crippen molar-refractivity contribution in [3.63, 3.8) is 0 Å². The molecule has 0 aromatic carbocycles. The summed E-state index contributed by atoms with van der Waals surface area (Å²) in [7, 11) is 2.42. The summed E-state index contributed by atoms with van der Waals surface area (Å²) < 4.78 is 49.9. The maximum Gasteiger partial charge on any atom is 0.471 e. The van der Waals surface area contributed by atoms with Crippen LogP contribution in [0.25, 0.3) is 0 Å². The van der Waals surface area contributed by atoms with Gasteiger partial charge in [-0.1, -0.05) is 12.8 Å². The molecule has 2 N–H and O–H groups in total. The number of anilines is 1. The van der Waals surface area contributed by atoms with E-state index in [1.807, 2.05) is 6.07 Å². The molecule has 1 saturated heterocycles. The number of nitriles is 1. The number of alkyl halides is 3. The fourth-order valence-corrected chi connectivity index (χ4v) is 4.89. The molecule has 0 bridgehead atoms. The van der Waals surface area contributed by atoms with Gasteiger partial charge in [-0.3, -0.25) is 19.2 Å². The second-order valence-corrected chi connectivity index (χ2v) is 10.3. The van der Waals surface area contributed by atoms with Gasteiger partial charge in [0.1, 0.15) is 23.8 Å². The molecule has 3 aliphatic rings. The number of nitrogens with one attached hydrogen (secondary N) is 2. The molecule has 15 heteroatoms. The average Bonchev–Trinajstić information content (AvgIpc) is 3.67. The third-order valence-corrected chi connectivity index (χ3v) is 7.49. The van der Waals surface area contributed by atoms with Crippen molar-refractivity contribution in [2.45, 2.75) is 68.6 Å². The van der Waals surface area contributed by atoms with Gasteiger partial charge in [-0.15, -0.1) is 0 Å². The Kier molecular flexibility index (Phi) is 7.93. The largest absolute Gasteiger partial charge is 0.471 e. The van der Waals surface area contributed by atoms with E-state index < -0.39 is 59.6 Å². The number of likely N-dealkylation sites (tertiary alicyclic amines) is 1. The standard InChI is InChI=1S/C25H29F3N6O6/c1-13(39-3)18(32-23(38)25(26,27)28)21(36)33(2)17(9-14-6-7-14)20(35)34-12-24(10-15(34)11-29)22(37)31-16-5-4-8-30-19(16)40-24/h4-5,8,13-15,17-18H,6-7,9-10,12H2,1-3H3,(H,31,37)(H,32,38). The smallest absolute Gasteiger partial charge is 0.457 e. The lowest BCUT2D eigenvalue weighted by Gasteiger charge is -2.36. The molecule has 1 aliphatic carbocycles. The van der Waals surface area contributed by atoms with Crippen LogP contribution < -0.4 is 15.4 Å². The lowest BCUT2D eigenvalue weighted by Crippen LogP contribution is -2.60. The first-order valence-electron chi connectivity index (χ1n) is 12.6. The van der Waals surface area contributed by atoms with Crippen molar-refractivity contribution in [2.24, 2.45) is 5.92 Å². The highest BCUT2D eigenvalue weighted by molar-refractivity contribution is 6.02. The van der Waals surface area contributed by atoms with E-state index in [2.05, 4.69) is 10.3 Å². The summed E-state index contributed by atoms with van der Waals surface area (Å²) in [5.74, 6) is -4.32. The van der Waals surface area contributed by atoms with E-state index in [0.29, 0.717) is 5.69 Å². The number of fused-ring (bicyclic) bond motifs is 1. The Balaban J connectivity index is 1.59. The summed E-state index contributed by atoms with van der Waals surface area (Å²) in [4.78, 5) is 58.3. The fraction of sp³-hybridized carbons (Fsp3) is 0.600. The van der Waals surface area contributed by atoms with Crippen molar-refractivity contribution < 1.29 is 41.8 Å². The molecule has 0 radical (unpaired) electrons. The monoisotopic (exact) mass is 566 g/mol. The molecule has 2 aliphatic heterocycles. The Morgan fingerprint density at radius 2 is 2.10 bits per heavy atom. The molecular formula is C25H29F3N6O6. The Bertz CT molecular complexity index is 1230. The average molecular weight is 567 g/mol. The highest BCUT2D eigenvalue weighted by atomic mass is 19.4. The number of halogens is 3. The van der Waals surface area contributed by atoms with Crippen LogP contribution in [0.3, 0.4) is 0 Å². The number of ether oxygens (including phenoxy) is 2. The predicted octanol–water partition coefficient (Wildman–Crippen LogP) is 0.985. The number of aromatic nitrogens is 1. The number of likely N-dealkylation sites (N-methyl/N-ethyl adjacent to an activating group) is 1. The molecule has 5 unspecified atom stereocenters. The summed E-state index contributed by atoms with van der Waals surface area (Å²) in [5.41, 5.74) is -1.26. The van der Waals surface area contributed by atoms with Crippen LogP contribution >= 0.6 is 0 Å². The number of carbonyl (C=O) groups is 4. The number of nitrogens with zero attached hydrogens (tertiary/aromatic N) is 4. The van der Waals surface area contributed by atoms with Gasteiger partial charge in [0.25, 0.3) is 5.91 Å². The zero-order chi connectivity index (χ0) is 29.4. The molecule has 216 valence electrons. The van der Waals surface area contributed by atoms with E-state index >= 15 is 0 Å². The third-order valence-electron chi connectivity index (χ3n) is 7.49. The SMILES string of the molecule is COC(C)C(NC(=O)C(F)(F)F)C(=O)N(C)C(CC1CC1)C(=O)N1CC2(CC1C#N)Oc1ncccc1NC2=O. The van der Waals surface area contributed by atoms with Crippen molar-refractivity contribution >= 4 is 29.3 Å². The summed E-state index contributed by atoms with van der Waals surface area (Å²) in [6.45, 7) is 1.00. The summed E-state index contributed by atoms with van der Waals surface area (Å²) in [5, 5.41) is 14.2. The molecule has 1 aromatic heterocycles. The maximum absolute atomic E-state index is 13.9. The molecule has 4 amide bonds. The molecule has 1 aromatic rings. The van der Waals surface area contributed by atoms with Crippen LogP contribution in [0.2, 0.25) is 0 Å². The Morgan fingerprint density at radius 3 is 2.70 bits per heavy atom. The zero-order valence-corrected chi connectivity index (χ0v) is 22.0. The Labute approximate surface area is 227 Å². The predicted molar refractivity (Wildman–Crippen MR) is 130 cm³/mol. The molecular weight excluding hydrogens is 537 g/mol. The molecule has 5 atom stereocenters. The summed E-state index contributed by atoms with van der Waals surface area (Å²) in [6, 6.07) is 1.19. The zero-order valence-electron chi connectivity index (χ0n) is 22.0. The maximum atomic E-state index is 13.9. The molecule has 4 rings (SSSR count). The first kappa shape index (κ1) is 29.1. The van der Waals surface area contributed by atoms with Crippen molar-refractivity contribution in [1.82, 2.24) is 20.1 Å². The number of methoxy groups -OCH3 is 1. The van der Waals surface area contributed by atoms with Gasteiger partial charge in [0, 0.05) is 26.8 Å². The summed E-state index contributed by atoms with van der Waals surface area (Å²) >= 11 is 0. The van der Waals surface area contributed by atoms with Crippen LogP contribution in [0.15, 0.2) is 18.3 Å². The minimum atomic E-state index is -5.24. The number of carbonyl (C=O) groups excluding carboxylic acids is 4. The van der Waals surface area contributed by atoms with Crippen LogP contribution in [0.4, 0.5) is 18.9 Å². The lowest BCUT2D eigenvalue weighted by atomic mass is 9.97. The number of hydrogen-bond acceptors (Lipinski definition) is 8. The number of hydrogen-bond donors (Lipinski definition) is 2. The molecule has 12 nitrogen and oxygen atoms in total. The van der Waals surface area contributed by atoms with Gasteiger partial charge in [0.15, 0.2) is 0 Å². The lowest BCUT2D eigenvalue weighted by molar-refractivity contribution is -0.176. The molecule has 1 saturated carbocycles. The minimum Gasteiger partial charge on any atom is -0.457 e. The van der Waals surface area contributed by atoms with Gasteiger partial charge in [0.05, 0.1) is 18.7 Å². The van der Waals surface area contributed by atoms with Crippen LogP contribution in [0, 0.1) is 17.2 Å². The molecule has 3 heterocycles. The topological polar surface area (TPSA) is 154 Å². The van der Waals surface area contributed by atoms with Crippen molar-refractivity contribution in [2.75, 3.05) is 26.0 Å². The van der Waals surface area contributed by atoms with E-state index in [4.69, 9.17) is 9.47 Å². The number of pyridine rings is 1. The van der Waals surface area contributed by atoms with Crippen LogP contribution in [-0.4, -0.2) is 95.1 Å². The third kappa shape index (κ3) is 5.67. The number of rotatable bonds is 8. The van der Waals surface area contributed by atoms with Crippen molar-refractivity contribution in [3.8, 4) is 11.9 Å². The van der Waals surface area contributed by atoms with Crippen LogP contribution in [0.5, 0.6) is 5.88 Å². The molecule has 1 spiro atoms. The summed E-state index contributed by atoms with van der Waals surface area (Å²) in [6.07, 6.45) is -3.34. The Morgan fingerprint density at radius 1 is 1.40 bits per heavy atom. The first-order chi connectivity index (χ1) is 18.8. The highest BCUT2D eigenvalue weighted by Crippen LogP contribution is 2.40. The van der Waals surface area contributed by atoms with Gasteiger partial charge in [-0.05, 0) is 31.4 Å². The van der Waals surface area contributed by atoms with Crippen LogP contribution in [-0.2, 0) is 23.9 Å². The van der Waals surface area contributed by atoms with Gasteiger partial charge in [-0.2, -0.15) is 18.4 Å². The van der Waals surface area contributed by atoms with Gasteiger partial charge >= 0.3 is 12.1 Å². The van der Waals surface area contributed by atoms with E-state index in [0.717, 1.165) is 22.6 Å². The second kappa shape index (κ2) is 10.9. The van der Waals surface area contributed by atoms with E-state index in [1.54, 1.807) is 17.4 Å². The molecule has 2 fully saturated rings.